The van der Waals surface area contributed by atoms with Crippen LogP contribution in [0.3, 0.4) is 0 Å². The summed E-state index contributed by atoms with van der Waals surface area (Å²) in [6.07, 6.45) is -2.53. The van der Waals surface area contributed by atoms with E-state index in [1.54, 1.807) is 24.4 Å². The molecule has 0 aliphatic carbocycles. The van der Waals surface area contributed by atoms with Gasteiger partial charge in [0.1, 0.15) is 6.04 Å². The molecule has 0 radical (unpaired) electrons. The topological polar surface area (TPSA) is 31.1 Å². The number of nitrogens with zero attached hydrogens (tertiary/aromatic N) is 1. The van der Waals surface area contributed by atoms with E-state index in [-0.39, 0.29) is 0 Å². The zero-order chi connectivity index (χ0) is 14.2. The van der Waals surface area contributed by atoms with Crippen LogP contribution < -0.4 is 5.32 Å². The number of aromatic nitrogens is 1. The second-order valence-corrected chi connectivity index (χ2v) is 5.05. The number of hydrogen-bond acceptors (Lipinski definition) is 2. The van der Waals surface area contributed by atoms with Crippen molar-refractivity contribution < 1.29 is 13.2 Å². The Labute approximate surface area is 114 Å². The van der Waals surface area contributed by atoms with Gasteiger partial charge in [-0.2, -0.15) is 13.2 Å². The normalized spacial score (nSPS) is 19.4. The third kappa shape index (κ3) is 2.53. The quantitative estimate of drug-likeness (QED) is 0.888. The molecule has 0 amide bonds. The molecule has 1 fully saturated rings. The molecule has 3 nitrogen and oxygen atoms in total. The highest BCUT2D eigenvalue weighted by Gasteiger charge is 2.44. The van der Waals surface area contributed by atoms with E-state index in [4.69, 9.17) is 0 Å². The van der Waals surface area contributed by atoms with Gasteiger partial charge in [-0.3, -0.25) is 4.90 Å². The van der Waals surface area contributed by atoms with E-state index in [0.29, 0.717) is 31.7 Å². The van der Waals surface area contributed by atoms with Crippen molar-refractivity contribution in [1.29, 1.82) is 0 Å². The van der Waals surface area contributed by atoms with Crippen LogP contribution in [0, 0.1) is 0 Å². The van der Waals surface area contributed by atoms with Crippen molar-refractivity contribution in [3.05, 3.63) is 36.0 Å². The predicted molar refractivity (Wildman–Crippen MR) is 71.5 cm³/mol. The van der Waals surface area contributed by atoms with Gasteiger partial charge in [0.25, 0.3) is 0 Å². The van der Waals surface area contributed by atoms with Gasteiger partial charge in [0.05, 0.1) is 0 Å². The summed E-state index contributed by atoms with van der Waals surface area (Å²) in [5.41, 5.74) is 1.04. The average Bonchev–Trinajstić information content (AvgIpc) is 2.86. The minimum absolute atomic E-state index is 0.300. The van der Waals surface area contributed by atoms with Gasteiger partial charge >= 0.3 is 6.18 Å². The molecule has 3 rings (SSSR count). The molecule has 1 saturated heterocycles. The fourth-order valence-electron chi connectivity index (χ4n) is 2.78. The lowest BCUT2D eigenvalue weighted by atomic mass is 10.0. The number of piperazine rings is 1. The Morgan fingerprint density at radius 1 is 1.10 bits per heavy atom. The first-order chi connectivity index (χ1) is 9.55. The predicted octanol–water partition coefficient (Wildman–Crippen LogP) is 2.68. The fourth-order valence-corrected chi connectivity index (χ4v) is 2.78. The molecular formula is C14H16F3N3. The van der Waals surface area contributed by atoms with Gasteiger partial charge in [0, 0.05) is 37.9 Å². The first-order valence-electron chi connectivity index (χ1n) is 6.64. The van der Waals surface area contributed by atoms with Crippen molar-refractivity contribution in [1.82, 2.24) is 15.2 Å². The maximum absolute atomic E-state index is 13.4. The van der Waals surface area contributed by atoms with E-state index < -0.39 is 12.2 Å². The number of aromatic amines is 1. The van der Waals surface area contributed by atoms with E-state index in [0.717, 1.165) is 10.9 Å². The lowest BCUT2D eigenvalue weighted by Gasteiger charge is -2.36. The van der Waals surface area contributed by atoms with Crippen LogP contribution in [0.1, 0.15) is 11.6 Å². The Morgan fingerprint density at radius 2 is 1.85 bits per heavy atom. The largest absolute Gasteiger partial charge is 0.408 e. The highest BCUT2D eigenvalue weighted by Crippen LogP contribution is 2.38. The molecule has 108 valence electrons. The maximum atomic E-state index is 13.4. The lowest BCUT2D eigenvalue weighted by Crippen LogP contribution is -2.49. The summed E-state index contributed by atoms with van der Waals surface area (Å²) >= 11 is 0. The van der Waals surface area contributed by atoms with E-state index in [2.05, 4.69) is 10.3 Å². The third-order valence-electron chi connectivity index (χ3n) is 3.72. The molecule has 1 atom stereocenters. The second-order valence-electron chi connectivity index (χ2n) is 5.05. The lowest BCUT2D eigenvalue weighted by molar-refractivity contribution is -0.187. The Bertz CT molecular complexity index is 585. The molecule has 20 heavy (non-hydrogen) atoms. The fraction of sp³-hybridized carbons (Fsp3) is 0.429. The summed E-state index contributed by atoms with van der Waals surface area (Å²) < 4.78 is 40.3. The van der Waals surface area contributed by atoms with Gasteiger partial charge < -0.3 is 10.3 Å². The number of alkyl halides is 3. The molecule has 6 heteroatoms. The van der Waals surface area contributed by atoms with Crippen LogP contribution >= 0.6 is 0 Å². The highest BCUT2D eigenvalue weighted by molar-refractivity contribution is 5.80. The van der Waals surface area contributed by atoms with E-state index in [1.807, 2.05) is 6.07 Å². The first-order valence-corrected chi connectivity index (χ1v) is 6.64. The Balaban J connectivity index is 1.99. The van der Waals surface area contributed by atoms with Gasteiger partial charge in [0.15, 0.2) is 0 Å². The molecule has 1 aliphatic rings. The first kappa shape index (κ1) is 13.5. The second kappa shape index (κ2) is 5.10. The van der Waals surface area contributed by atoms with Gasteiger partial charge in [-0.05, 0) is 23.1 Å². The van der Waals surface area contributed by atoms with Crippen LogP contribution in [-0.2, 0) is 0 Å². The highest BCUT2D eigenvalue weighted by atomic mass is 19.4. The zero-order valence-electron chi connectivity index (χ0n) is 10.9. The Kier molecular flexibility index (Phi) is 3.43. The smallest absolute Gasteiger partial charge is 0.361 e. The maximum Gasteiger partial charge on any atom is 0.408 e. The van der Waals surface area contributed by atoms with Crippen LogP contribution in [0.2, 0.25) is 0 Å². The summed E-state index contributed by atoms with van der Waals surface area (Å²) in [5, 5.41) is 4.01. The van der Waals surface area contributed by atoms with Crippen molar-refractivity contribution in [2.75, 3.05) is 26.2 Å². The van der Waals surface area contributed by atoms with Crippen LogP contribution in [0.15, 0.2) is 30.5 Å². The van der Waals surface area contributed by atoms with E-state index in [1.165, 1.54) is 4.90 Å². The molecular weight excluding hydrogens is 267 g/mol. The van der Waals surface area contributed by atoms with Crippen LogP contribution in [0.4, 0.5) is 13.2 Å². The molecule has 0 saturated carbocycles. The number of benzene rings is 1. The summed E-state index contributed by atoms with van der Waals surface area (Å²) in [7, 11) is 0. The molecule has 2 N–H and O–H groups in total. The number of rotatable bonds is 2. The van der Waals surface area contributed by atoms with Gasteiger partial charge in [0.2, 0.25) is 0 Å². The molecule has 1 aromatic heterocycles. The summed E-state index contributed by atoms with van der Waals surface area (Å²) in [5.74, 6) is 0. The van der Waals surface area contributed by atoms with Crippen LogP contribution in [0.25, 0.3) is 10.9 Å². The molecule has 0 bridgehead atoms. The SMILES string of the molecule is FC(F)(F)[C@H](c1ccc2cc[nH]c2c1)N1CCNCC1. The van der Waals surface area contributed by atoms with Gasteiger partial charge in [-0.1, -0.05) is 12.1 Å². The molecule has 1 aliphatic heterocycles. The van der Waals surface area contributed by atoms with E-state index >= 15 is 0 Å². The molecule has 1 aromatic carbocycles. The molecule has 2 aromatic rings. The van der Waals surface area contributed by atoms with Crippen molar-refractivity contribution in [3.63, 3.8) is 0 Å². The number of H-pyrrole nitrogens is 1. The van der Waals surface area contributed by atoms with Crippen molar-refractivity contribution >= 4 is 10.9 Å². The summed E-state index contributed by atoms with van der Waals surface area (Å²) in [6.45, 7) is 2.01. The van der Waals surface area contributed by atoms with Crippen molar-refractivity contribution in [2.45, 2.75) is 12.2 Å². The summed E-state index contributed by atoms with van der Waals surface area (Å²) in [6, 6.07) is 5.25. The Morgan fingerprint density at radius 3 is 2.55 bits per heavy atom. The average molecular weight is 283 g/mol. The van der Waals surface area contributed by atoms with Crippen molar-refractivity contribution in [2.24, 2.45) is 0 Å². The third-order valence-corrected chi connectivity index (χ3v) is 3.72. The van der Waals surface area contributed by atoms with Crippen molar-refractivity contribution in [3.8, 4) is 0 Å². The zero-order valence-corrected chi connectivity index (χ0v) is 10.9. The Hall–Kier alpha value is -1.53. The molecule has 2 heterocycles. The minimum atomic E-state index is -4.27. The molecule has 0 unspecified atom stereocenters. The van der Waals surface area contributed by atoms with Gasteiger partial charge in [-0.15, -0.1) is 0 Å². The van der Waals surface area contributed by atoms with E-state index in [9.17, 15) is 13.2 Å². The number of halogens is 3. The monoisotopic (exact) mass is 283 g/mol. The van der Waals surface area contributed by atoms with Crippen LogP contribution in [0.5, 0.6) is 0 Å². The minimum Gasteiger partial charge on any atom is -0.361 e. The van der Waals surface area contributed by atoms with Gasteiger partial charge in [-0.25, -0.2) is 0 Å². The van der Waals surface area contributed by atoms with Crippen LogP contribution in [-0.4, -0.2) is 42.2 Å². The standard InChI is InChI=1S/C14H16F3N3/c15-14(16,17)13(20-7-5-18-6-8-20)11-2-1-10-3-4-19-12(10)9-11/h1-4,9,13,18-19H,5-8H2/t13-/m0/s1. The molecule has 0 spiro atoms. The number of hydrogen-bond donors (Lipinski definition) is 2. The summed E-state index contributed by atoms with van der Waals surface area (Å²) in [4.78, 5) is 4.47. The number of nitrogens with one attached hydrogen (secondary N) is 2. The number of fused-ring (bicyclic) bond motifs is 1.